The molecule has 5 rings (SSSR count). The van der Waals surface area contributed by atoms with Crippen LogP contribution in [0.5, 0.6) is 5.75 Å². The maximum absolute atomic E-state index is 13.7. The first-order valence-electron chi connectivity index (χ1n) is 12.8. The van der Waals surface area contributed by atoms with Gasteiger partial charge >= 0.3 is 0 Å². The molecule has 35 heavy (non-hydrogen) atoms. The van der Waals surface area contributed by atoms with Crippen LogP contribution in [0.1, 0.15) is 49.8 Å². The van der Waals surface area contributed by atoms with Gasteiger partial charge in [-0.2, -0.15) is 5.26 Å². The molecular weight excluding hydrogens is 442 g/mol. The summed E-state index contributed by atoms with van der Waals surface area (Å²) >= 11 is 0. The van der Waals surface area contributed by atoms with Gasteiger partial charge in [-0.1, -0.05) is 25.0 Å². The number of carbonyl (C=O) groups is 2. The van der Waals surface area contributed by atoms with E-state index in [-0.39, 0.29) is 23.7 Å². The van der Waals surface area contributed by atoms with E-state index in [1.54, 1.807) is 0 Å². The standard InChI is InChI=1S/C27H35N5O3/c1-31(2)14-15-35-23-9-5-8-18-21-16-32(13-10-22(21)29-24(18)23)26(34)20-7-4-3-6-19(20)25(33)30-27(17-28)11-12-27/h5,8-9,19-20,29H,3-4,6-7,10-16H2,1-2H3,(H,30,33). The van der Waals surface area contributed by atoms with Gasteiger partial charge in [0.15, 0.2) is 0 Å². The second-order valence-electron chi connectivity index (χ2n) is 10.6. The van der Waals surface area contributed by atoms with E-state index in [1.165, 1.54) is 0 Å². The highest BCUT2D eigenvalue weighted by molar-refractivity contribution is 5.92. The molecule has 0 bridgehead atoms. The van der Waals surface area contributed by atoms with Crippen molar-refractivity contribution in [2.45, 2.75) is 57.0 Å². The number of ether oxygens (including phenoxy) is 1. The summed E-state index contributed by atoms with van der Waals surface area (Å²) < 4.78 is 6.05. The number of carbonyl (C=O) groups excluding carboxylic acids is 2. The zero-order valence-corrected chi connectivity index (χ0v) is 20.7. The van der Waals surface area contributed by atoms with Gasteiger partial charge in [0.2, 0.25) is 11.8 Å². The Kier molecular flexibility index (Phi) is 6.45. The van der Waals surface area contributed by atoms with Crippen molar-refractivity contribution >= 4 is 22.7 Å². The first kappa shape index (κ1) is 23.7. The molecule has 0 spiro atoms. The highest BCUT2D eigenvalue weighted by Crippen LogP contribution is 2.39. The number of aromatic amines is 1. The number of nitriles is 1. The third-order valence-corrected chi connectivity index (χ3v) is 7.83. The average Bonchev–Trinajstić information content (AvgIpc) is 3.54. The fourth-order valence-electron chi connectivity index (χ4n) is 5.55. The van der Waals surface area contributed by atoms with Gasteiger partial charge < -0.3 is 24.8 Å². The molecule has 0 saturated heterocycles. The van der Waals surface area contributed by atoms with Crippen LogP contribution in [-0.2, 0) is 22.6 Å². The van der Waals surface area contributed by atoms with E-state index in [2.05, 4.69) is 27.3 Å². The maximum Gasteiger partial charge on any atom is 0.226 e. The molecule has 2 N–H and O–H groups in total. The maximum atomic E-state index is 13.7. The van der Waals surface area contributed by atoms with E-state index >= 15 is 0 Å². The van der Waals surface area contributed by atoms with Crippen molar-refractivity contribution in [3.8, 4) is 11.8 Å². The molecule has 2 fully saturated rings. The van der Waals surface area contributed by atoms with Gasteiger partial charge in [-0.15, -0.1) is 0 Å². The normalized spacial score (nSPS) is 23.0. The summed E-state index contributed by atoms with van der Waals surface area (Å²) in [4.78, 5) is 34.3. The van der Waals surface area contributed by atoms with Gasteiger partial charge in [-0.05, 0) is 45.8 Å². The largest absolute Gasteiger partial charge is 0.490 e. The van der Waals surface area contributed by atoms with Crippen molar-refractivity contribution in [2.75, 3.05) is 33.8 Å². The number of rotatable bonds is 7. The van der Waals surface area contributed by atoms with Crippen LogP contribution >= 0.6 is 0 Å². The molecule has 2 saturated carbocycles. The Labute approximate surface area is 206 Å². The Morgan fingerprint density at radius 2 is 2.03 bits per heavy atom. The summed E-state index contributed by atoms with van der Waals surface area (Å²) in [5.41, 5.74) is 2.61. The Morgan fingerprint density at radius 3 is 2.74 bits per heavy atom. The fraction of sp³-hybridized carbons (Fsp3) is 0.593. The molecule has 0 radical (unpaired) electrons. The molecule has 8 heteroatoms. The summed E-state index contributed by atoms with van der Waals surface area (Å²) in [5, 5.41) is 13.4. The zero-order chi connectivity index (χ0) is 24.6. The molecule has 2 heterocycles. The van der Waals surface area contributed by atoms with Crippen LogP contribution in [0.15, 0.2) is 18.2 Å². The summed E-state index contributed by atoms with van der Waals surface area (Å²) in [6.07, 6.45) is 5.52. The van der Waals surface area contributed by atoms with Gasteiger partial charge in [-0.25, -0.2) is 0 Å². The van der Waals surface area contributed by atoms with Crippen LogP contribution < -0.4 is 10.1 Å². The lowest BCUT2D eigenvalue weighted by atomic mass is 9.77. The molecule has 2 atom stereocenters. The van der Waals surface area contributed by atoms with Crippen molar-refractivity contribution in [3.63, 3.8) is 0 Å². The third-order valence-electron chi connectivity index (χ3n) is 7.83. The molecule has 2 aliphatic carbocycles. The minimum absolute atomic E-state index is 0.0741. The predicted molar refractivity (Wildman–Crippen MR) is 133 cm³/mol. The minimum atomic E-state index is -0.696. The Hall–Kier alpha value is -3.05. The number of nitrogens with zero attached hydrogens (tertiary/aromatic N) is 3. The molecule has 8 nitrogen and oxygen atoms in total. The number of likely N-dealkylation sites (N-methyl/N-ethyl adjacent to an activating group) is 1. The van der Waals surface area contributed by atoms with E-state index in [9.17, 15) is 14.9 Å². The topological polar surface area (TPSA) is 101 Å². The minimum Gasteiger partial charge on any atom is -0.490 e. The van der Waals surface area contributed by atoms with Gasteiger partial charge in [0.25, 0.3) is 0 Å². The smallest absolute Gasteiger partial charge is 0.226 e. The predicted octanol–water partition coefficient (Wildman–Crippen LogP) is 2.97. The van der Waals surface area contributed by atoms with Gasteiger partial charge in [0.05, 0.1) is 11.6 Å². The van der Waals surface area contributed by atoms with E-state index < -0.39 is 5.54 Å². The van der Waals surface area contributed by atoms with E-state index in [4.69, 9.17) is 4.74 Å². The van der Waals surface area contributed by atoms with Crippen molar-refractivity contribution in [2.24, 2.45) is 11.8 Å². The molecule has 1 aromatic carbocycles. The van der Waals surface area contributed by atoms with Crippen LogP contribution in [-0.4, -0.2) is 65.9 Å². The average molecular weight is 478 g/mol. The fourth-order valence-corrected chi connectivity index (χ4v) is 5.55. The number of benzene rings is 1. The number of H-pyrrole nitrogens is 1. The quantitative estimate of drug-likeness (QED) is 0.639. The van der Waals surface area contributed by atoms with Crippen molar-refractivity contribution < 1.29 is 14.3 Å². The molecule has 2 amide bonds. The van der Waals surface area contributed by atoms with Gasteiger partial charge in [0.1, 0.15) is 17.9 Å². The third kappa shape index (κ3) is 4.74. The van der Waals surface area contributed by atoms with Crippen molar-refractivity contribution in [3.05, 3.63) is 29.5 Å². The van der Waals surface area contributed by atoms with Gasteiger partial charge in [0, 0.05) is 54.5 Å². The highest BCUT2D eigenvalue weighted by Gasteiger charge is 2.47. The molecular formula is C27H35N5O3. The van der Waals surface area contributed by atoms with Crippen LogP contribution in [0, 0.1) is 23.2 Å². The van der Waals surface area contributed by atoms with Crippen molar-refractivity contribution in [1.82, 2.24) is 20.1 Å². The second-order valence-corrected chi connectivity index (χ2v) is 10.6. The van der Waals surface area contributed by atoms with E-state index in [1.807, 2.05) is 31.1 Å². The Morgan fingerprint density at radius 1 is 1.26 bits per heavy atom. The number of hydrogen-bond acceptors (Lipinski definition) is 5. The number of para-hydroxylation sites is 1. The summed E-state index contributed by atoms with van der Waals surface area (Å²) in [5.74, 6) is 0.140. The molecule has 1 aromatic heterocycles. The Balaban J connectivity index is 1.32. The summed E-state index contributed by atoms with van der Waals surface area (Å²) in [7, 11) is 4.05. The molecule has 2 unspecified atom stereocenters. The van der Waals surface area contributed by atoms with Crippen molar-refractivity contribution in [1.29, 1.82) is 5.26 Å². The van der Waals surface area contributed by atoms with Crippen LogP contribution in [0.2, 0.25) is 0 Å². The second kappa shape index (κ2) is 9.54. The monoisotopic (exact) mass is 477 g/mol. The number of aromatic nitrogens is 1. The Bertz CT molecular complexity index is 1160. The lowest BCUT2D eigenvalue weighted by Gasteiger charge is -2.36. The number of fused-ring (bicyclic) bond motifs is 3. The highest BCUT2D eigenvalue weighted by atomic mass is 16.5. The lowest BCUT2D eigenvalue weighted by molar-refractivity contribution is -0.144. The summed E-state index contributed by atoms with van der Waals surface area (Å²) in [6.45, 7) is 2.63. The molecule has 186 valence electrons. The van der Waals surface area contributed by atoms with E-state index in [0.29, 0.717) is 39.0 Å². The first-order valence-corrected chi connectivity index (χ1v) is 12.8. The van der Waals surface area contributed by atoms with Crippen LogP contribution in [0.3, 0.4) is 0 Å². The first-order chi connectivity index (χ1) is 16.9. The summed E-state index contributed by atoms with van der Waals surface area (Å²) in [6, 6.07) is 8.32. The molecule has 3 aliphatic rings. The molecule has 1 aliphatic heterocycles. The van der Waals surface area contributed by atoms with Crippen LogP contribution in [0.25, 0.3) is 10.9 Å². The number of amides is 2. The van der Waals surface area contributed by atoms with Crippen LogP contribution in [0.4, 0.5) is 0 Å². The van der Waals surface area contributed by atoms with E-state index in [0.717, 1.165) is 60.1 Å². The SMILES string of the molecule is CN(C)CCOc1cccc2c3c([nH]c12)CCN(C(=O)C1CCCCC1C(=O)NC1(C#N)CC1)C3. The lowest BCUT2D eigenvalue weighted by Crippen LogP contribution is -2.48. The number of hydrogen-bond donors (Lipinski definition) is 2. The van der Waals surface area contributed by atoms with Gasteiger partial charge in [-0.3, -0.25) is 9.59 Å². The molecule has 2 aromatic rings. The zero-order valence-electron chi connectivity index (χ0n) is 20.7. The number of nitrogens with one attached hydrogen (secondary N) is 2.